The van der Waals surface area contributed by atoms with Gasteiger partial charge in [0.1, 0.15) is 0 Å². The van der Waals surface area contributed by atoms with Crippen LogP contribution in [0.4, 0.5) is 0 Å². The molecule has 4 heteroatoms. The van der Waals surface area contributed by atoms with Crippen LogP contribution in [-0.4, -0.2) is 32.1 Å². The first-order chi connectivity index (χ1) is 7.76. The number of rotatable bonds is 6. The van der Waals surface area contributed by atoms with Crippen LogP contribution in [0.5, 0.6) is 0 Å². The average molecular weight is 228 g/mol. The molecule has 0 aromatic heterocycles. The van der Waals surface area contributed by atoms with Gasteiger partial charge in [-0.25, -0.2) is 4.79 Å². The molecule has 0 radical (unpaired) electrons. The van der Waals surface area contributed by atoms with E-state index >= 15 is 0 Å². The third-order valence-electron chi connectivity index (χ3n) is 2.45. The highest BCUT2D eigenvalue weighted by atomic mass is 16.7. The second-order valence-corrected chi connectivity index (χ2v) is 3.62. The zero-order valence-corrected chi connectivity index (χ0v) is 10.0. The Bertz CT molecular complexity index is 241. The van der Waals surface area contributed by atoms with E-state index in [2.05, 4.69) is 0 Å². The third kappa shape index (κ3) is 4.77. The molecule has 1 rings (SSSR count). The Balaban J connectivity index is 2.32. The van der Waals surface area contributed by atoms with Crippen LogP contribution in [0.3, 0.4) is 0 Å². The second-order valence-electron chi connectivity index (χ2n) is 3.62. The summed E-state index contributed by atoms with van der Waals surface area (Å²) in [4.78, 5) is 11.2. The van der Waals surface area contributed by atoms with Crippen molar-refractivity contribution >= 4 is 5.97 Å². The van der Waals surface area contributed by atoms with Crippen molar-refractivity contribution in [3.05, 3.63) is 11.6 Å². The Morgan fingerprint density at radius 2 is 2.06 bits per heavy atom. The molecule has 0 aromatic rings. The van der Waals surface area contributed by atoms with E-state index in [1.54, 1.807) is 13.0 Å². The first kappa shape index (κ1) is 13.2. The van der Waals surface area contributed by atoms with Gasteiger partial charge in [-0.3, -0.25) is 0 Å². The van der Waals surface area contributed by atoms with Gasteiger partial charge in [-0.2, -0.15) is 0 Å². The summed E-state index contributed by atoms with van der Waals surface area (Å²) in [7, 11) is 0. The van der Waals surface area contributed by atoms with Crippen molar-refractivity contribution < 1.29 is 19.0 Å². The molecule has 1 aliphatic heterocycles. The van der Waals surface area contributed by atoms with E-state index in [4.69, 9.17) is 14.2 Å². The zero-order valence-electron chi connectivity index (χ0n) is 10.0. The minimum absolute atomic E-state index is 0.0999. The predicted octanol–water partition coefficient (Wildman–Crippen LogP) is 2.04. The highest BCUT2D eigenvalue weighted by molar-refractivity contribution is 5.82. The van der Waals surface area contributed by atoms with Crippen molar-refractivity contribution in [3.8, 4) is 0 Å². The second kappa shape index (κ2) is 7.41. The van der Waals surface area contributed by atoms with Gasteiger partial charge in [0.2, 0.25) is 0 Å². The molecule has 0 bridgehead atoms. The van der Waals surface area contributed by atoms with Crippen LogP contribution < -0.4 is 0 Å². The summed E-state index contributed by atoms with van der Waals surface area (Å²) in [5.41, 5.74) is 1.08. The van der Waals surface area contributed by atoms with Crippen molar-refractivity contribution in [1.29, 1.82) is 0 Å². The van der Waals surface area contributed by atoms with Crippen LogP contribution in [-0.2, 0) is 19.0 Å². The molecule has 0 unspecified atom stereocenters. The van der Waals surface area contributed by atoms with Crippen molar-refractivity contribution in [1.82, 2.24) is 0 Å². The first-order valence-corrected chi connectivity index (χ1v) is 5.85. The molecule has 1 aliphatic rings. The number of hydrogen-bond acceptors (Lipinski definition) is 4. The molecule has 0 saturated carbocycles. The van der Waals surface area contributed by atoms with Crippen LogP contribution in [0.2, 0.25) is 0 Å². The molecule has 0 spiro atoms. The monoisotopic (exact) mass is 228 g/mol. The van der Waals surface area contributed by atoms with Crippen molar-refractivity contribution in [2.45, 2.75) is 39.4 Å². The van der Waals surface area contributed by atoms with Gasteiger partial charge in [0.15, 0.2) is 6.29 Å². The number of carbonyl (C=O) groups is 1. The van der Waals surface area contributed by atoms with Crippen molar-refractivity contribution in [3.63, 3.8) is 0 Å². The van der Waals surface area contributed by atoms with Gasteiger partial charge in [0.25, 0.3) is 0 Å². The van der Waals surface area contributed by atoms with E-state index in [1.807, 2.05) is 6.92 Å². The Morgan fingerprint density at radius 1 is 1.38 bits per heavy atom. The molecular formula is C12H20O4. The molecule has 0 amide bonds. The smallest absolute Gasteiger partial charge is 0.330 e. The standard InChI is InChI=1S/C12H20O4/c1-3-10(9-11(13)14-4-2)5-6-12-15-7-8-16-12/h9,12H,3-8H2,1-2H3/b10-9+. The molecule has 92 valence electrons. The lowest BCUT2D eigenvalue weighted by Gasteiger charge is -2.09. The van der Waals surface area contributed by atoms with Gasteiger partial charge in [0, 0.05) is 12.5 Å². The minimum atomic E-state index is -0.257. The number of ether oxygens (including phenoxy) is 3. The van der Waals surface area contributed by atoms with E-state index in [0.717, 1.165) is 24.8 Å². The number of esters is 1. The fourth-order valence-electron chi connectivity index (χ4n) is 1.58. The lowest BCUT2D eigenvalue weighted by Crippen LogP contribution is -2.08. The molecule has 4 nitrogen and oxygen atoms in total. The molecular weight excluding hydrogens is 208 g/mol. The normalized spacial score (nSPS) is 17.8. The van der Waals surface area contributed by atoms with E-state index in [9.17, 15) is 4.79 Å². The summed E-state index contributed by atoms with van der Waals surface area (Å²) in [6.45, 7) is 5.60. The summed E-state index contributed by atoms with van der Waals surface area (Å²) in [5, 5.41) is 0. The lowest BCUT2D eigenvalue weighted by atomic mass is 10.1. The van der Waals surface area contributed by atoms with Gasteiger partial charge >= 0.3 is 5.97 Å². The largest absolute Gasteiger partial charge is 0.463 e. The maximum atomic E-state index is 11.2. The first-order valence-electron chi connectivity index (χ1n) is 5.85. The van der Waals surface area contributed by atoms with Crippen molar-refractivity contribution in [2.75, 3.05) is 19.8 Å². The van der Waals surface area contributed by atoms with Crippen molar-refractivity contribution in [2.24, 2.45) is 0 Å². The van der Waals surface area contributed by atoms with Gasteiger partial charge in [-0.05, 0) is 19.8 Å². The topological polar surface area (TPSA) is 44.8 Å². The quantitative estimate of drug-likeness (QED) is 0.515. The Labute approximate surface area is 96.6 Å². The highest BCUT2D eigenvalue weighted by Gasteiger charge is 2.15. The van der Waals surface area contributed by atoms with Crippen LogP contribution in [0.25, 0.3) is 0 Å². The van der Waals surface area contributed by atoms with E-state index in [0.29, 0.717) is 19.8 Å². The molecule has 1 saturated heterocycles. The lowest BCUT2D eigenvalue weighted by molar-refractivity contribution is -0.137. The van der Waals surface area contributed by atoms with Gasteiger partial charge in [-0.15, -0.1) is 0 Å². The molecule has 1 heterocycles. The maximum Gasteiger partial charge on any atom is 0.330 e. The average Bonchev–Trinajstić information content (AvgIpc) is 2.77. The third-order valence-corrected chi connectivity index (χ3v) is 2.45. The van der Waals surface area contributed by atoms with Crippen LogP contribution in [0, 0.1) is 0 Å². The van der Waals surface area contributed by atoms with Crippen LogP contribution in [0.1, 0.15) is 33.1 Å². The molecule has 0 atom stereocenters. The van der Waals surface area contributed by atoms with Gasteiger partial charge < -0.3 is 14.2 Å². The molecule has 16 heavy (non-hydrogen) atoms. The van der Waals surface area contributed by atoms with E-state index in [-0.39, 0.29) is 12.3 Å². The van der Waals surface area contributed by atoms with Gasteiger partial charge in [0.05, 0.1) is 19.8 Å². The molecule has 0 aliphatic carbocycles. The van der Waals surface area contributed by atoms with Crippen LogP contribution >= 0.6 is 0 Å². The van der Waals surface area contributed by atoms with E-state index < -0.39 is 0 Å². The fourth-order valence-corrected chi connectivity index (χ4v) is 1.58. The predicted molar refractivity (Wildman–Crippen MR) is 59.9 cm³/mol. The summed E-state index contributed by atoms with van der Waals surface area (Å²) in [5.74, 6) is -0.257. The fraction of sp³-hybridized carbons (Fsp3) is 0.750. The number of hydrogen-bond donors (Lipinski definition) is 0. The minimum Gasteiger partial charge on any atom is -0.463 e. The highest BCUT2D eigenvalue weighted by Crippen LogP contribution is 2.16. The summed E-state index contributed by atoms with van der Waals surface area (Å²) < 4.78 is 15.5. The van der Waals surface area contributed by atoms with Crippen LogP contribution in [0.15, 0.2) is 11.6 Å². The van der Waals surface area contributed by atoms with Gasteiger partial charge in [-0.1, -0.05) is 12.5 Å². The SMILES string of the molecule is CCOC(=O)/C=C(\CC)CCC1OCCO1. The van der Waals surface area contributed by atoms with E-state index in [1.165, 1.54) is 0 Å². The Hall–Kier alpha value is -0.870. The summed E-state index contributed by atoms with van der Waals surface area (Å²) >= 11 is 0. The molecule has 0 aromatic carbocycles. The molecule has 1 fully saturated rings. The Kier molecular flexibility index (Phi) is 6.11. The number of carbonyl (C=O) groups excluding carboxylic acids is 1. The summed E-state index contributed by atoms with van der Waals surface area (Å²) in [6, 6.07) is 0. The Morgan fingerprint density at radius 3 is 2.62 bits per heavy atom. The zero-order chi connectivity index (χ0) is 11.8. The number of allylic oxidation sites excluding steroid dienone is 1. The molecule has 0 N–H and O–H groups in total. The maximum absolute atomic E-state index is 11.2. The summed E-state index contributed by atoms with van der Waals surface area (Å²) in [6.07, 6.45) is 3.96.